The maximum Gasteiger partial charge on any atom is 0.127 e. The quantitative estimate of drug-likeness (QED) is 0.258. The van der Waals surface area contributed by atoms with Crippen molar-refractivity contribution in [3.63, 3.8) is 0 Å². The lowest BCUT2D eigenvalue weighted by Crippen LogP contribution is -2.41. The molecule has 4 nitrogen and oxygen atoms in total. The van der Waals surface area contributed by atoms with E-state index in [2.05, 4.69) is 149 Å². The predicted molar refractivity (Wildman–Crippen MR) is 261 cm³/mol. The average Bonchev–Trinajstić information content (AvgIpc) is 4.01. The molecule has 16 atom stereocenters. The van der Waals surface area contributed by atoms with Crippen molar-refractivity contribution in [2.45, 2.75) is 139 Å². The van der Waals surface area contributed by atoms with Crippen molar-refractivity contribution in [3.05, 3.63) is 168 Å². The topological polar surface area (TPSA) is 27.7 Å². The van der Waals surface area contributed by atoms with Gasteiger partial charge in [0.15, 0.2) is 0 Å². The van der Waals surface area contributed by atoms with Crippen molar-refractivity contribution in [2.75, 3.05) is 0 Å². The lowest BCUT2D eigenvalue weighted by molar-refractivity contribution is 0.172. The molecule has 0 aromatic rings. The zero-order valence-electron chi connectivity index (χ0n) is 38.1. The van der Waals surface area contributed by atoms with Gasteiger partial charge in [-0.1, -0.05) is 109 Å². The highest BCUT2D eigenvalue weighted by Gasteiger charge is 2.53. The summed E-state index contributed by atoms with van der Waals surface area (Å²) in [7, 11) is 0. The molecule has 3 aliphatic heterocycles. The molecular weight excluding hydrogens is 779 g/mol. The van der Waals surface area contributed by atoms with Crippen LogP contribution in [0.1, 0.15) is 103 Å². The Hall–Kier alpha value is -4.44. The first-order chi connectivity index (χ1) is 31.7. The summed E-state index contributed by atoms with van der Waals surface area (Å²) in [5, 5.41) is 4.11. The van der Waals surface area contributed by atoms with E-state index in [1.165, 1.54) is 101 Å². The number of hydrogen-bond donors (Lipinski definition) is 1. The zero-order chi connectivity index (χ0) is 42.1. The number of nitrogens with zero attached hydrogens (tertiary/aromatic N) is 2. The SMILES string of the molecule is C1=CCCC(N2C3CCC(C4C=CC5C(C4)C4CC(C6C=CCC(C7CCC=CC7NC7=CC8=C(CC7)C7C=CC=CC7O8)C6)C=CC4N5C4=CC=CCC4)C=C3C3CCC=CC32)=C1. The van der Waals surface area contributed by atoms with Gasteiger partial charge in [-0.2, -0.15) is 0 Å². The molecule has 0 aromatic carbocycles. The molecule has 0 saturated carbocycles. The number of hydrogen-bond acceptors (Lipinski definition) is 4. The molecule has 0 spiro atoms. The minimum absolute atomic E-state index is 0.185. The van der Waals surface area contributed by atoms with Crippen molar-refractivity contribution in [1.29, 1.82) is 0 Å². The summed E-state index contributed by atoms with van der Waals surface area (Å²) in [5.41, 5.74) is 7.86. The van der Waals surface area contributed by atoms with E-state index >= 15 is 0 Å². The summed E-state index contributed by atoms with van der Waals surface area (Å²) in [6, 6.07) is 2.63. The molecule has 16 unspecified atom stereocenters. The van der Waals surface area contributed by atoms with E-state index in [4.69, 9.17) is 4.74 Å². The molecule has 2 fully saturated rings. The Kier molecular flexibility index (Phi) is 10.5. The lowest BCUT2D eigenvalue weighted by Gasteiger charge is -2.42. The summed E-state index contributed by atoms with van der Waals surface area (Å²) >= 11 is 0. The maximum absolute atomic E-state index is 6.48. The third-order valence-corrected chi connectivity index (χ3v) is 18.9. The third-order valence-electron chi connectivity index (χ3n) is 18.9. The zero-order valence-corrected chi connectivity index (χ0v) is 38.1. The average molecular weight is 850 g/mol. The molecule has 2 saturated heterocycles. The van der Waals surface area contributed by atoms with Crippen LogP contribution in [0, 0.1) is 59.2 Å². The number of likely N-dealkylation sites (tertiary alicyclic amines) is 2. The van der Waals surface area contributed by atoms with Crippen molar-refractivity contribution >= 4 is 0 Å². The van der Waals surface area contributed by atoms with Crippen LogP contribution in [0.4, 0.5) is 0 Å². The van der Waals surface area contributed by atoms with Crippen LogP contribution in [0.2, 0.25) is 0 Å². The van der Waals surface area contributed by atoms with Crippen LogP contribution >= 0.6 is 0 Å². The standard InChI is InChI=1S/C60H71N3O/c1-3-16-45(17-4-1)62-55-24-11-8-21-48(55)51-35-41(27-31-56(51)62)42-28-33-58-53(37-42)52-36-40(26-32-57(52)63(58)46-18-5-2-6-19-46)39-14-13-15-43(34-39)47-20-7-10-23-54(47)61-44-29-30-50-49-22-9-12-25-59(49)64-60(50)38-44/h1-3,5,9-14,16,18,22-26,28,32-33,35,38-43,47-49,52-59,61H,4,6-8,15,17,19-21,27,29-31,34,36-37H2. The predicted octanol–water partition coefficient (Wildman–Crippen LogP) is 12.8. The largest absolute Gasteiger partial charge is 0.485 e. The summed E-state index contributed by atoms with van der Waals surface area (Å²) in [6.07, 6.45) is 74.7. The molecule has 64 heavy (non-hydrogen) atoms. The second kappa shape index (κ2) is 16.8. The van der Waals surface area contributed by atoms with Crippen LogP contribution in [-0.2, 0) is 4.74 Å². The number of nitrogens with one attached hydrogen (secondary N) is 1. The van der Waals surface area contributed by atoms with Gasteiger partial charge in [-0.15, -0.1) is 0 Å². The fourth-order valence-corrected chi connectivity index (χ4v) is 16.0. The van der Waals surface area contributed by atoms with Crippen LogP contribution in [0.15, 0.2) is 168 Å². The first kappa shape index (κ1) is 39.9. The van der Waals surface area contributed by atoms with Gasteiger partial charge in [0.25, 0.3) is 0 Å². The number of ether oxygens (including phenoxy) is 1. The summed E-state index contributed by atoms with van der Waals surface area (Å²) < 4.78 is 6.48. The highest BCUT2D eigenvalue weighted by molar-refractivity contribution is 5.41. The Bertz CT molecular complexity index is 2300. The van der Waals surface area contributed by atoms with E-state index in [-0.39, 0.29) is 6.10 Å². The first-order valence-corrected chi connectivity index (χ1v) is 26.3. The van der Waals surface area contributed by atoms with Gasteiger partial charge < -0.3 is 19.9 Å². The first-order valence-electron chi connectivity index (χ1n) is 26.3. The van der Waals surface area contributed by atoms with Gasteiger partial charge in [-0.3, -0.25) is 0 Å². The number of fused-ring (bicyclic) bond motifs is 8. The molecular formula is C60H71N3O. The molecule has 13 aliphatic rings. The van der Waals surface area contributed by atoms with E-state index in [0.29, 0.717) is 71.6 Å². The molecule has 1 N–H and O–H groups in total. The second-order valence-electron chi connectivity index (χ2n) is 22.1. The normalized spacial score (nSPS) is 43.4. The fraction of sp³-hybridized carbons (Fsp3) is 0.533. The Morgan fingerprint density at radius 1 is 0.547 bits per heavy atom. The number of allylic oxidation sites excluding steroid dienone is 19. The van der Waals surface area contributed by atoms with Gasteiger partial charge in [0.1, 0.15) is 11.9 Å². The molecule has 4 heteroatoms. The van der Waals surface area contributed by atoms with Gasteiger partial charge in [0.05, 0.1) is 24.2 Å². The molecule has 332 valence electrons. The van der Waals surface area contributed by atoms with Crippen LogP contribution in [0.5, 0.6) is 0 Å². The maximum atomic E-state index is 6.48. The molecule has 0 amide bonds. The van der Waals surface area contributed by atoms with Gasteiger partial charge in [0, 0.05) is 35.0 Å². The third kappa shape index (κ3) is 6.97. The van der Waals surface area contributed by atoms with E-state index in [0.717, 1.165) is 36.4 Å². The van der Waals surface area contributed by atoms with Crippen molar-refractivity contribution < 1.29 is 4.74 Å². The van der Waals surface area contributed by atoms with E-state index < -0.39 is 0 Å². The fourth-order valence-electron chi connectivity index (χ4n) is 16.0. The Morgan fingerprint density at radius 2 is 1.30 bits per heavy atom. The Morgan fingerprint density at radius 3 is 2.11 bits per heavy atom. The molecule has 3 heterocycles. The lowest BCUT2D eigenvalue weighted by atomic mass is 9.64. The molecule has 13 rings (SSSR count). The van der Waals surface area contributed by atoms with Gasteiger partial charge in [-0.25, -0.2) is 0 Å². The van der Waals surface area contributed by atoms with Crippen LogP contribution in [0.3, 0.4) is 0 Å². The van der Waals surface area contributed by atoms with Crippen LogP contribution in [0.25, 0.3) is 0 Å². The smallest absolute Gasteiger partial charge is 0.127 e. The monoisotopic (exact) mass is 850 g/mol. The highest BCUT2D eigenvalue weighted by atomic mass is 16.5. The summed E-state index contributed by atoms with van der Waals surface area (Å²) in [5.74, 6) is 7.69. The number of rotatable bonds is 7. The van der Waals surface area contributed by atoms with E-state index in [1.807, 2.05) is 5.57 Å². The Labute approximate surface area is 384 Å². The van der Waals surface area contributed by atoms with Crippen LogP contribution in [-0.4, -0.2) is 46.1 Å². The minimum Gasteiger partial charge on any atom is -0.485 e. The van der Waals surface area contributed by atoms with Crippen molar-refractivity contribution in [3.8, 4) is 0 Å². The molecule has 0 bridgehead atoms. The van der Waals surface area contributed by atoms with Gasteiger partial charge in [-0.05, 0) is 186 Å². The van der Waals surface area contributed by atoms with E-state index in [9.17, 15) is 0 Å². The Balaban J connectivity index is 0.727. The van der Waals surface area contributed by atoms with E-state index in [1.54, 1.807) is 11.4 Å². The van der Waals surface area contributed by atoms with Gasteiger partial charge in [0.2, 0.25) is 0 Å². The highest BCUT2D eigenvalue weighted by Crippen LogP contribution is 2.55. The van der Waals surface area contributed by atoms with Crippen LogP contribution < -0.4 is 5.32 Å². The molecule has 10 aliphatic carbocycles. The summed E-state index contributed by atoms with van der Waals surface area (Å²) in [4.78, 5) is 5.81. The molecule has 0 aromatic heterocycles. The molecule has 0 radical (unpaired) electrons. The summed E-state index contributed by atoms with van der Waals surface area (Å²) in [6.45, 7) is 0. The second-order valence-corrected chi connectivity index (χ2v) is 22.1. The minimum atomic E-state index is 0.185. The van der Waals surface area contributed by atoms with Crippen molar-refractivity contribution in [2.24, 2.45) is 59.2 Å². The van der Waals surface area contributed by atoms with Gasteiger partial charge >= 0.3 is 0 Å². The van der Waals surface area contributed by atoms with Crippen molar-refractivity contribution in [1.82, 2.24) is 15.1 Å².